The lowest BCUT2D eigenvalue weighted by atomic mass is 10.5. The molecule has 0 heterocycles. The molecular formula is C11H16O6. The fourth-order valence-corrected chi connectivity index (χ4v) is 0.802. The van der Waals surface area contributed by atoms with E-state index in [0.717, 1.165) is 12.2 Å². The Labute approximate surface area is 99.5 Å². The van der Waals surface area contributed by atoms with E-state index in [4.69, 9.17) is 4.74 Å². The van der Waals surface area contributed by atoms with Crippen molar-refractivity contribution in [2.75, 3.05) is 13.2 Å². The summed E-state index contributed by atoms with van der Waals surface area (Å²) in [7, 11) is 0. The van der Waals surface area contributed by atoms with Crippen molar-refractivity contribution in [3.63, 3.8) is 0 Å². The van der Waals surface area contributed by atoms with Crippen LogP contribution < -0.4 is 0 Å². The minimum absolute atomic E-state index is 0.221. The molecule has 6 nitrogen and oxygen atoms in total. The Morgan fingerprint density at radius 3 is 2.06 bits per heavy atom. The number of rotatable bonds is 6. The molecule has 6 heteroatoms. The first-order chi connectivity index (χ1) is 7.95. The lowest BCUT2D eigenvalue weighted by Gasteiger charge is -2.07. The van der Waals surface area contributed by atoms with Gasteiger partial charge in [0.2, 0.25) is 0 Å². The Bertz CT molecular complexity index is 305. The van der Waals surface area contributed by atoms with E-state index < -0.39 is 24.5 Å². The Hall–Kier alpha value is -1.85. The van der Waals surface area contributed by atoms with Crippen LogP contribution in [0, 0.1) is 0 Å². The summed E-state index contributed by atoms with van der Waals surface area (Å²) in [6.07, 6.45) is 1.55. The normalized spacial score (nSPS) is 10.4. The molecular weight excluding hydrogens is 228 g/mol. The Kier molecular flexibility index (Phi) is 7.41. The fourth-order valence-electron chi connectivity index (χ4n) is 0.802. The summed E-state index contributed by atoms with van der Waals surface area (Å²) in [4.78, 5) is 32.8. The Morgan fingerprint density at radius 1 is 1.06 bits per heavy atom. The van der Waals surface area contributed by atoms with Gasteiger partial charge in [0.1, 0.15) is 0 Å². The zero-order chi connectivity index (χ0) is 13.3. The molecule has 0 fully saturated rings. The zero-order valence-electron chi connectivity index (χ0n) is 10.1. The number of esters is 3. The molecule has 0 atom stereocenters. The van der Waals surface area contributed by atoms with Crippen LogP contribution in [-0.4, -0.2) is 37.2 Å². The number of hydrogen-bond acceptors (Lipinski definition) is 6. The highest BCUT2D eigenvalue weighted by molar-refractivity contribution is 5.92. The minimum Gasteiger partial charge on any atom is -0.463 e. The first-order valence-corrected chi connectivity index (χ1v) is 5.16. The second kappa shape index (κ2) is 8.32. The average molecular weight is 244 g/mol. The Balaban J connectivity index is 3.87. The maximum absolute atomic E-state index is 11.0. The lowest BCUT2D eigenvalue weighted by Crippen LogP contribution is -2.18. The van der Waals surface area contributed by atoms with Gasteiger partial charge in [-0.3, -0.25) is 0 Å². The highest BCUT2D eigenvalue weighted by Crippen LogP contribution is 1.91. The van der Waals surface area contributed by atoms with Crippen LogP contribution in [0.4, 0.5) is 0 Å². The standard InChI is InChI=1S/C11H16O6/c1-4-15-9(12)5-6-10(13)16-7-11(14)17-8(2)3/h5-6,8H,4,7H2,1-3H3/b6-5-. The SMILES string of the molecule is CCOC(=O)/C=C\C(=O)OCC(=O)OC(C)C. The Morgan fingerprint density at radius 2 is 1.59 bits per heavy atom. The van der Waals surface area contributed by atoms with Gasteiger partial charge < -0.3 is 14.2 Å². The smallest absolute Gasteiger partial charge is 0.344 e. The quantitative estimate of drug-likeness (QED) is 0.387. The summed E-state index contributed by atoms with van der Waals surface area (Å²) in [5, 5.41) is 0. The summed E-state index contributed by atoms with van der Waals surface area (Å²) < 4.78 is 13.8. The van der Waals surface area contributed by atoms with Crippen molar-refractivity contribution in [2.45, 2.75) is 26.9 Å². The molecule has 0 aliphatic heterocycles. The predicted molar refractivity (Wildman–Crippen MR) is 58.0 cm³/mol. The van der Waals surface area contributed by atoms with Crippen molar-refractivity contribution in [3.8, 4) is 0 Å². The molecule has 0 radical (unpaired) electrons. The van der Waals surface area contributed by atoms with Crippen molar-refractivity contribution in [1.29, 1.82) is 0 Å². The topological polar surface area (TPSA) is 78.9 Å². The summed E-state index contributed by atoms with van der Waals surface area (Å²) in [6, 6.07) is 0. The lowest BCUT2D eigenvalue weighted by molar-refractivity contribution is -0.158. The van der Waals surface area contributed by atoms with Crippen LogP contribution in [0.5, 0.6) is 0 Å². The molecule has 0 unspecified atom stereocenters. The summed E-state index contributed by atoms with van der Waals surface area (Å²) in [5.41, 5.74) is 0. The second-order valence-electron chi connectivity index (χ2n) is 3.23. The summed E-state index contributed by atoms with van der Waals surface area (Å²) in [6.45, 7) is 4.75. The van der Waals surface area contributed by atoms with Gasteiger partial charge in [0.25, 0.3) is 0 Å². The van der Waals surface area contributed by atoms with E-state index >= 15 is 0 Å². The molecule has 0 saturated carbocycles. The van der Waals surface area contributed by atoms with E-state index in [2.05, 4.69) is 9.47 Å². The van der Waals surface area contributed by atoms with E-state index in [1.54, 1.807) is 20.8 Å². The number of hydrogen-bond donors (Lipinski definition) is 0. The van der Waals surface area contributed by atoms with Gasteiger partial charge >= 0.3 is 17.9 Å². The fraction of sp³-hybridized carbons (Fsp3) is 0.545. The molecule has 0 aliphatic rings. The molecule has 0 rings (SSSR count). The van der Waals surface area contributed by atoms with Crippen molar-refractivity contribution < 1.29 is 28.6 Å². The third-order valence-electron chi connectivity index (χ3n) is 1.34. The maximum Gasteiger partial charge on any atom is 0.344 e. The first-order valence-electron chi connectivity index (χ1n) is 5.16. The summed E-state index contributed by atoms with van der Waals surface area (Å²) >= 11 is 0. The third-order valence-corrected chi connectivity index (χ3v) is 1.34. The largest absolute Gasteiger partial charge is 0.463 e. The van der Waals surface area contributed by atoms with E-state index in [0.29, 0.717) is 0 Å². The van der Waals surface area contributed by atoms with Crippen LogP contribution in [0.2, 0.25) is 0 Å². The van der Waals surface area contributed by atoms with Gasteiger partial charge in [-0.15, -0.1) is 0 Å². The molecule has 0 saturated heterocycles. The molecule has 17 heavy (non-hydrogen) atoms. The van der Waals surface area contributed by atoms with Crippen molar-refractivity contribution >= 4 is 17.9 Å². The van der Waals surface area contributed by atoms with Crippen LogP contribution in [0.1, 0.15) is 20.8 Å². The molecule has 0 N–H and O–H groups in total. The van der Waals surface area contributed by atoms with Gasteiger partial charge in [-0.1, -0.05) is 0 Å². The van der Waals surface area contributed by atoms with Gasteiger partial charge in [0.05, 0.1) is 12.7 Å². The van der Waals surface area contributed by atoms with Gasteiger partial charge in [0.15, 0.2) is 6.61 Å². The highest BCUT2D eigenvalue weighted by Gasteiger charge is 2.08. The van der Waals surface area contributed by atoms with Crippen LogP contribution in [-0.2, 0) is 28.6 Å². The van der Waals surface area contributed by atoms with Gasteiger partial charge in [-0.25, -0.2) is 14.4 Å². The van der Waals surface area contributed by atoms with Crippen LogP contribution >= 0.6 is 0 Å². The third kappa shape index (κ3) is 9.10. The van der Waals surface area contributed by atoms with Gasteiger partial charge in [-0.05, 0) is 20.8 Å². The van der Waals surface area contributed by atoms with Gasteiger partial charge in [-0.2, -0.15) is 0 Å². The second-order valence-corrected chi connectivity index (χ2v) is 3.23. The van der Waals surface area contributed by atoms with Crippen molar-refractivity contribution in [2.24, 2.45) is 0 Å². The molecule has 0 bridgehead atoms. The molecule has 96 valence electrons. The monoisotopic (exact) mass is 244 g/mol. The van der Waals surface area contributed by atoms with E-state index in [1.165, 1.54) is 0 Å². The van der Waals surface area contributed by atoms with Crippen LogP contribution in [0.25, 0.3) is 0 Å². The molecule has 0 spiro atoms. The molecule has 0 aromatic heterocycles. The molecule has 0 amide bonds. The minimum atomic E-state index is -0.807. The van der Waals surface area contributed by atoms with Gasteiger partial charge in [0, 0.05) is 12.2 Å². The highest BCUT2D eigenvalue weighted by atomic mass is 16.6. The number of carbonyl (C=O) groups excluding carboxylic acids is 3. The number of ether oxygens (including phenoxy) is 3. The molecule has 0 aromatic carbocycles. The van der Waals surface area contributed by atoms with Crippen molar-refractivity contribution in [3.05, 3.63) is 12.2 Å². The van der Waals surface area contributed by atoms with Crippen LogP contribution in [0.3, 0.4) is 0 Å². The first kappa shape index (κ1) is 15.2. The molecule has 0 aliphatic carbocycles. The van der Waals surface area contributed by atoms with E-state index in [9.17, 15) is 14.4 Å². The average Bonchev–Trinajstić information content (AvgIpc) is 2.23. The van der Waals surface area contributed by atoms with Crippen LogP contribution in [0.15, 0.2) is 12.2 Å². The maximum atomic E-state index is 11.0. The summed E-state index contributed by atoms with van der Waals surface area (Å²) in [5.74, 6) is -2.09. The zero-order valence-corrected chi connectivity index (χ0v) is 10.1. The number of carbonyl (C=O) groups is 3. The van der Waals surface area contributed by atoms with E-state index in [1.807, 2.05) is 0 Å². The van der Waals surface area contributed by atoms with E-state index in [-0.39, 0.29) is 12.7 Å². The predicted octanol–water partition coefficient (Wildman–Crippen LogP) is 0.600. The molecule has 0 aromatic rings. The van der Waals surface area contributed by atoms with Crippen molar-refractivity contribution in [1.82, 2.24) is 0 Å².